The van der Waals surface area contributed by atoms with E-state index >= 15 is 0 Å². The van der Waals surface area contributed by atoms with E-state index in [9.17, 15) is 4.79 Å². The standard InChI is InChI=1S/C24H28N4O2/c1-19-5-3-12-27(19)13-4-14-30-23-9-7-22(8-10-23)28-18-20(16-26-28)15-24(29)21-6-2-11-25-17-21/h2,6-11,16-19H,3-5,12-15H2,1H3. The molecule has 1 fully saturated rings. The predicted molar refractivity (Wildman–Crippen MR) is 116 cm³/mol. The van der Waals surface area contributed by atoms with Crippen molar-refractivity contribution in [3.05, 3.63) is 72.3 Å². The van der Waals surface area contributed by atoms with Crippen LogP contribution >= 0.6 is 0 Å². The molecule has 3 aromatic rings. The van der Waals surface area contributed by atoms with Gasteiger partial charge in [0.2, 0.25) is 0 Å². The summed E-state index contributed by atoms with van der Waals surface area (Å²) in [5, 5.41) is 4.39. The molecule has 0 amide bonds. The molecule has 0 saturated carbocycles. The molecule has 1 saturated heterocycles. The van der Waals surface area contributed by atoms with E-state index < -0.39 is 0 Å². The highest BCUT2D eigenvalue weighted by Gasteiger charge is 2.19. The minimum Gasteiger partial charge on any atom is -0.494 e. The number of hydrogen-bond donors (Lipinski definition) is 0. The molecule has 4 rings (SSSR count). The smallest absolute Gasteiger partial charge is 0.168 e. The molecule has 1 aliphatic heterocycles. The van der Waals surface area contributed by atoms with Crippen LogP contribution in [0, 0.1) is 0 Å². The van der Waals surface area contributed by atoms with Crippen molar-refractivity contribution in [3.63, 3.8) is 0 Å². The molecule has 1 unspecified atom stereocenters. The molecule has 0 aliphatic carbocycles. The summed E-state index contributed by atoms with van der Waals surface area (Å²) >= 11 is 0. The average molecular weight is 405 g/mol. The Balaban J connectivity index is 1.27. The summed E-state index contributed by atoms with van der Waals surface area (Å²) in [6, 6.07) is 12.2. The number of hydrogen-bond acceptors (Lipinski definition) is 5. The van der Waals surface area contributed by atoms with Crippen LogP contribution in [0.4, 0.5) is 0 Å². The molecule has 0 bridgehead atoms. The van der Waals surface area contributed by atoms with Gasteiger partial charge in [0.25, 0.3) is 0 Å². The van der Waals surface area contributed by atoms with Gasteiger partial charge >= 0.3 is 0 Å². The van der Waals surface area contributed by atoms with E-state index in [0.29, 0.717) is 18.0 Å². The fourth-order valence-electron chi connectivity index (χ4n) is 3.89. The van der Waals surface area contributed by atoms with Gasteiger partial charge in [0.1, 0.15) is 5.75 Å². The zero-order chi connectivity index (χ0) is 20.8. The van der Waals surface area contributed by atoms with Crippen molar-refractivity contribution in [2.75, 3.05) is 19.7 Å². The highest BCUT2D eigenvalue weighted by Crippen LogP contribution is 2.18. The summed E-state index contributed by atoms with van der Waals surface area (Å²) in [6.45, 7) is 5.36. The van der Waals surface area contributed by atoms with Crippen LogP contribution in [0.3, 0.4) is 0 Å². The largest absolute Gasteiger partial charge is 0.494 e. The van der Waals surface area contributed by atoms with E-state index in [0.717, 1.165) is 36.6 Å². The number of ether oxygens (including phenoxy) is 1. The van der Waals surface area contributed by atoms with Gasteiger partial charge in [-0.3, -0.25) is 9.78 Å². The van der Waals surface area contributed by atoms with Crippen LogP contribution in [0.15, 0.2) is 61.2 Å². The highest BCUT2D eigenvalue weighted by atomic mass is 16.5. The molecule has 3 heterocycles. The van der Waals surface area contributed by atoms with Gasteiger partial charge in [0, 0.05) is 43.2 Å². The Hall–Kier alpha value is -2.99. The first-order valence-electron chi connectivity index (χ1n) is 10.6. The molecule has 0 spiro atoms. The second-order valence-electron chi connectivity index (χ2n) is 7.86. The molecule has 6 nitrogen and oxygen atoms in total. The summed E-state index contributed by atoms with van der Waals surface area (Å²) in [5.74, 6) is 0.905. The molecule has 1 aliphatic rings. The number of benzene rings is 1. The lowest BCUT2D eigenvalue weighted by atomic mass is 10.1. The van der Waals surface area contributed by atoms with Crippen molar-refractivity contribution >= 4 is 5.78 Å². The van der Waals surface area contributed by atoms with E-state index in [2.05, 4.69) is 21.9 Å². The van der Waals surface area contributed by atoms with Gasteiger partial charge in [-0.15, -0.1) is 0 Å². The topological polar surface area (TPSA) is 60.2 Å². The number of pyridine rings is 1. The van der Waals surface area contributed by atoms with Crippen molar-refractivity contribution < 1.29 is 9.53 Å². The third-order valence-corrected chi connectivity index (χ3v) is 5.63. The molecule has 30 heavy (non-hydrogen) atoms. The minimum atomic E-state index is 0.0368. The number of ketones is 1. The summed E-state index contributed by atoms with van der Waals surface area (Å²) < 4.78 is 7.67. The molecule has 2 aromatic heterocycles. The van der Waals surface area contributed by atoms with E-state index in [1.807, 2.05) is 30.5 Å². The molecule has 1 aromatic carbocycles. The van der Waals surface area contributed by atoms with Crippen molar-refractivity contribution in [1.82, 2.24) is 19.7 Å². The first kappa shape index (κ1) is 20.3. The lowest BCUT2D eigenvalue weighted by Crippen LogP contribution is -2.28. The van der Waals surface area contributed by atoms with Crippen LogP contribution in [0.2, 0.25) is 0 Å². The molecule has 0 N–H and O–H groups in total. The van der Waals surface area contributed by atoms with Gasteiger partial charge < -0.3 is 9.64 Å². The van der Waals surface area contributed by atoms with Crippen LogP contribution in [0.25, 0.3) is 5.69 Å². The SMILES string of the molecule is CC1CCCN1CCCOc1ccc(-n2cc(CC(=O)c3cccnc3)cn2)cc1. The number of Topliss-reactive ketones (excluding diaryl/α,β-unsaturated/α-hetero) is 1. The van der Waals surface area contributed by atoms with Crippen LogP contribution in [0.1, 0.15) is 42.1 Å². The summed E-state index contributed by atoms with van der Waals surface area (Å²) in [7, 11) is 0. The fourth-order valence-corrected chi connectivity index (χ4v) is 3.89. The molecule has 6 heteroatoms. The van der Waals surface area contributed by atoms with Crippen molar-refractivity contribution in [3.8, 4) is 11.4 Å². The van der Waals surface area contributed by atoms with Gasteiger partial charge in [-0.05, 0) is 74.7 Å². The maximum Gasteiger partial charge on any atom is 0.168 e. The predicted octanol–water partition coefficient (Wildman–Crippen LogP) is 3.95. The normalized spacial score (nSPS) is 16.6. The summed E-state index contributed by atoms with van der Waals surface area (Å²) in [5.41, 5.74) is 2.43. The molecular formula is C24H28N4O2. The van der Waals surface area contributed by atoms with E-state index in [4.69, 9.17) is 4.74 Å². The Labute approximate surface area is 177 Å². The first-order valence-corrected chi connectivity index (χ1v) is 10.6. The number of carbonyl (C=O) groups is 1. The second kappa shape index (κ2) is 9.67. The molecule has 1 atom stereocenters. The Morgan fingerprint density at radius 3 is 2.80 bits per heavy atom. The number of likely N-dealkylation sites (tertiary alicyclic amines) is 1. The van der Waals surface area contributed by atoms with Crippen LogP contribution in [-0.4, -0.2) is 51.2 Å². The van der Waals surface area contributed by atoms with Crippen LogP contribution in [0.5, 0.6) is 5.75 Å². The molecule has 0 radical (unpaired) electrons. The van der Waals surface area contributed by atoms with Crippen molar-refractivity contribution in [2.24, 2.45) is 0 Å². The minimum absolute atomic E-state index is 0.0368. The Morgan fingerprint density at radius 1 is 1.20 bits per heavy atom. The van der Waals surface area contributed by atoms with Gasteiger partial charge in [0.15, 0.2) is 5.78 Å². The monoisotopic (exact) mass is 404 g/mol. The zero-order valence-corrected chi connectivity index (χ0v) is 17.4. The molecule has 156 valence electrons. The number of nitrogens with zero attached hydrogens (tertiary/aromatic N) is 4. The van der Waals surface area contributed by atoms with Gasteiger partial charge in [0.05, 0.1) is 18.5 Å². The second-order valence-corrected chi connectivity index (χ2v) is 7.86. The maximum atomic E-state index is 12.3. The van der Waals surface area contributed by atoms with E-state index in [1.165, 1.54) is 19.4 Å². The van der Waals surface area contributed by atoms with Crippen molar-refractivity contribution in [1.29, 1.82) is 0 Å². The summed E-state index contributed by atoms with van der Waals surface area (Å²) in [6.07, 6.45) is 10.9. The number of aromatic nitrogens is 3. The number of rotatable bonds is 9. The van der Waals surface area contributed by atoms with Crippen molar-refractivity contribution in [2.45, 2.75) is 38.6 Å². The fraction of sp³-hybridized carbons (Fsp3) is 0.375. The Kier molecular flexibility index (Phi) is 6.54. The quantitative estimate of drug-likeness (QED) is 0.399. The Morgan fingerprint density at radius 2 is 2.07 bits per heavy atom. The number of carbonyl (C=O) groups excluding carboxylic acids is 1. The third kappa shape index (κ3) is 5.13. The van der Waals surface area contributed by atoms with Gasteiger partial charge in [-0.25, -0.2) is 4.68 Å². The van der Waals surface area contributed by atoms with Gasteiger partial charge in [-0.1, -0.05) is 0 Å². The van der Waals surface area contributed by atoms with E-state index in [-0.39, 0.29) is 5.78 Å². The molecular weight excluding hydrogens is 376 g/mol. The lowest BCUT2D eigenvalue weighted by Gasteiger charge is -2.20. The van der Waals surface area contributed by atoms with Crippen LogP contribution < -0.4 is 4.74 Å². The van der Waals surface area contributed by atoms with Crippen LogP contribution in [-0.2, 0) is 6.42 Å². The average Bonchev–Trinajstić information content (AvgIpc) is 3.41. The van der Waals surface area contributed by atoms with Gasteiger partial charge in [-0.2, -0.15) is 5.10 Å². The maximum absolute atomic E-state index is 12.3. The first-order chi connectivity index (χ1) is 14.7. The zero-order valence-electron chi connectivity index (χ0n) is 17.4. The summed E-state index contributed by atoms with van der Waals surface area (Å²) in [4.78, 5) is 18.9. The third-order valence-electron chi connectivity index (χ3n) is 5.63. The highest BCUT2D eigenvalue weighted by molar-refractivity contribution is 5.97. The lowest BCUT2D eigenvalue weighted by molar-refractivity contribution is 0.0992. The van der Waals surface area contributed by atoms with E-state index in [1.54, 1.807) is 35.4 Å². The Bertz CT molecular complexity index is 953.